The van der Waals surface area contributed by atoms with Crippen molar-refractivity contribution in [3.05, 3.63) is 56.7 Å². The molecule has 1 fully saturated rings. The molecule has 0 saturated heterocycles. The molecule has 2 aliphatic rings. The van der Waals surface area contributed by atoms with Crippen LogP contribution in [0.1, 0.15) is 18.4 Å². The predicted octanol–water partition coefficient (Wildman–Crippen LogP) is 2.02. The first kappa shape index (κ1) is 13.0. The summed E-state index contributed by atoms with van der Waals surface area (Å²) in [5.74, 6) is 0.730. The first-order valence-electron chi connectivity index (χ1n) is 6.98. The Morgan fingerprint density at radius 2 is 2.05 bits per heavy atom. The molecule has 1 aliphatic heterocycles. The Hall–Kier alpha value is -2.70. The van der Waals surface area contributed by atoms with Gasteiger partial charge in [-0.1, -0.05) is 0 Å². The standard InChI is InChI=1S/C15H12N3O4/c19-13-11-5-6-15(7-8-15)22-14(11)17-12(16-13)9-1-3-10(4-2-9)18(20)21/h1-4,7H,5-6,8H2,(H,16,17,19). The average molecular weight is 298 g/mol. The van der Waals surface area contributed by atoms with E-state index in [-0.39, 0.29) is 16.8 Å². The molecule has 0 bridgehead atoms. The smallest absolute Gasteiger partial charge is 0.269 e. The molecular formula is C15H12N3O4. The molecule has 22 heavy (non-hydrogen) atoms. The van der Waals surface area contributed by atoms with Crippen molar-refractivity contribution in [1.29, 1.82) is 0 Å². The molecule has 1 unspecified atom stereocenters. The van der Waals surface area contributed by atoms with Crippen LogP contribution >= 0.6 is 0 Å². The van der Waals surface area contributed by atoms with Crippen LogP contribution < -0.4 is 10.3 Å². The summed E-state index contributed by atoms with van der Waals surface area (Å²) in [6, 6.07) is 5.88. The van der Waals surface area contributed by atoms with Gasteiger partial charge in [-0.2, -0.15) is 4.98 Å². The fourth-order valence-electron chi connectivity index (χ4n) is 2.64. The molecule has 1 spiro atoms. The summed E-state index contributed by atoms with van der Waals surface area (Å²) in [7, 11) is 0. The fraction of sp³-hybridized carbons (Fsp3) is 0.267. The van der Waals surface area contributed by atoms with E-state index >= 15 is 0 Å². The van der Waals surface area contributed by atoms with Crippen LogP contribution in [-0.4, -0.2) is 20.5 Å². The molecule has 111 valence electrons. The van der Waals surface area contributed by atoms with Crippen molar-refractivity contribution in [3.63, 3.8) is 0 Å². The summed E-state index contributed by atoms with van der Waals surface area (Å²) in [5.41, 5.74) is 0.714. The van der Waals surface area contributed by atoms with E-state index < -0.39 is 4.92 Å². The molecule has 1 aromatic carbocycles. The number of nitro benzene ring substituents is 1. The molecule has 2 aromatic rings. The highest BCUT2D eigenvalue weighted by atomic mass is 16.6. The third kappa shape index (κ3) is 2.05. The number of non-ortho nitro benzene ring substituents is 1. The zero-order valence-electron chi connectivity index (χ0n) is 11.5. The van der Waals surface area contributed by atoms with Crippen LogP contribution in [0.25, 0.3) is 11.4 Å². The quantitative estimate of drug-likeness (QED) is 0.675. The molecule has 4 rings (SSSR count). The first-order chi connectivity index (χ1) is 10.6. The van der Waals surface area contributed by atoms with Gasteiger partial charge in [0.05, 0.1) is 10.5 Å². The van der Waals surface area contributed by atoms with Gasteiger partial charge in [-0.25, -0.2) is 0 Å². The van der Waals surface area contributed by atoms with Crippen LogP contribution in [0.5, 0.6) is 5.88 Å². The van der Waals surface area contributed by atoms with E-state index in [9.17, 15) is 14.9 Å². The summed E-state index contributed by atoms with van der Waals surface area (Å²) < 4.78 is 5.84. The molecule has 1 aliphatic carbocycles. The number of ether oxygens (including phenoxy) is 1. The maximum Gasteiger partial charge on any atom is 0.269 e. The highest BCUT2D eigenvalue weighted by molar-refractivity contribution is 5.58. The molecule has 0 amide bonds. The van der Waals surface area contributed by atoms with E-state index in [0.717, 1.165) is 12.8 Å². The van der Waals surface area contributed by atoms with Crippen LogP contribution in [0.2, 0.25) is 0 Å². The second-order valence-electron chi connectivity index (χ2n) is 5.58. The van der Waals surface area contributed by atoms with Crippen LogP contribution in [0.3, 0.4) is 0 Å². The summed E-state index contributed by atoms with van der Waals surface area (Å²) in [4.78, 5) is 29.5. The van der Waals surface area contributed by atoms with E-state index in [2.05, 4.69) is 16.4 Å². The van der Waals surface area contributed by atoms with Crippen LogP contribution in [0.15, 0.2) is 29.1 Å². The lowest BCUT2D eigenvalue weighted by atomic mass is 10.0. The molecular weight excluding hydrogens is 286 g/mol. The second-order valence-corrected chi connectivity index (χ2v) is 5.58. The molecule has 1 atom stereocenters. The number of aromatic nitrogens is 2. The molecule has 1 radical (unpaired) electrons. The Morgan fingerprint density at radius 1 is 1.32 bits per heavy atom. The Labute approximate surface area is 125 Å². The lowest BCUT2D eigenvalue weighted by Gasteiger charge is -2.24. The fourth-order valence-corrected chi connectivity index (χ4v) is 2.64. The van der Waals surface area contributed by atoms with Crippen molar-refractivity contribution >= 4 is 5.69 Å². The third-order valence-electron chi connectivity index (χ3n) is 4.09. The molecule has 2 heterocycles. The lowest BCUT2D eigenvalue weighted by Crippen LogP contribution is -2.30. The number of nitrogens with one attached hydrogen (secondary N) is 1. The van der Waals surface area contributed by atoms with E-state index in [1.54, 1.807) is 12.1 Å². The summed E-state index contributed by atoms with van der Waals surface area (Å²) in [6.45, 7) is 0. The first-order valence-corrected chi connectivity index (χ1v) is 6.98. The van der Waals surface area contributed by atoms with Crippen LogP contribution in [0, 0.1) is 16.5 Å². The topological polar surface area (TPSA) is 98.1 Å². The van der Waals surface area contributed by atoms with Crippen molar-refractivity contribution in [1.82, 2.24) is 9.97 Å². The number of nitrogens with zero attached hydrogens (tertiary/aromatic N) is 2. The second kappa shape index (κ2) is 4.40. The number of rotatable bonds is 2. The van der Waals surface area contributed by atoms with Gasteiger partial charge in [0.1, 0.15) is 11.4 Å². The van der Waals surface area contributed by atoms with E-state index in [0.29, 0.717) is 29.3 Å². The number of benzene rings is 1. The summed E-state index contributed by atoms with van der Waals surface area (Å²) in [5, 5.41) is 10.7. The maximum absolute atomic E-state index is 12.2. The van der Waals surface area contributed by atoms with E-state index in [1.165, 1.54) is 12.1 Å². The summed E-state index contributed by atoms with van der Waals surface area (Å²) in [6.07, 6.45) is 4.41. The van der Waals surface area contributed by atoms with Crippen molar-refractivity contribution < 1.29 is 9.66 Å². The number of nitro groups is 1. The zero-order chi connectivity index (χ0) is 15.3. The highest BCUT2D eigenvalue weighted by Gasteiger charge is 2.49. The summed E-state index contributed by atoms with van der Waals surface area (Å²) >= 11 is 0. The minimum absolute atomic E-state index is 0.00756. The Kier molecular flexibility index (Phi) is 2.60. The Balaban J connectivity index is 1.75. The largest absolute Gasteiger partial charge is 0.470 e. The lowest BCUT2D eigenvalue weighted by molar-refractivity contribution is -0.384. The van der Waals surface area contributed by atoms with Crippen molar-refractivity contribution in [2.45, 2.75) is 24.9 Å². The zero-order valence-corrected chi connectivity index (χ0v) is 11.5. The van der Waals surface area contributed by atoms with Crippen molar-refractivity contribution in [2.24, 2.45) is 0 Å². The number of fused-ring (bicyclic) bond motifs is 1. The van der Waals surface area contributed by atoms with Gasteiger partial charge in [0, 0.05) is 24.1 Å². The van der Waals surface area contributed by atoms with Crippen molar-refractivity contribution in [3.8, 4) is 17.3 Å². The van der Waals surface area contributed by atoms with Crippen LogP contribution in [-0.2, 0) is 6.42 Å². The number of hydrogen-bond acceptors (Lipinski definition) is 5. The Morgan fingerprint density at radius 3 is 2.68 bits per heavy atom. The average Bonchev–Trinajstić information content (AvgIpc) is 3.25. The van der Waals surface area contributed by atoms with Gasteiger partial charge >= 0.3 is 0 Å². The van der Waals surface area contributed by atoms with E-state index in [1.807, 2.05) is 0 Å². The monoisotopic (exact) mass is 298 g/mol. The molecule has 7 nitrogen and oxygen atoms in total. The van der Waals surface area contributed by atoms with Gasteiger partial charge in [-0.15, -0.1) is 0 Å². The van der Waals surface area contributed by atoms with E-state index in [4.69, 9.17) is 4.74 Å². The number of aromatic amines is 1. The minimum atomic E-state index is -0.470. The molecule has 1 aromatic heterocycles. The third-order valence-corrected chi connectivity index (χ3v) is 4.09. The van der Waals surface area contributed by atoms with Gasteiger partial charge in [0.15, 0.2) is 0 Å². The molecule has 1 N–H and O–H groups in total. The van der Waals surface area contributed by atoms with Gasteiger partial charge in [-0.3, -0.25) is 14.9 Å². The van der Waals surface area contributed by atoms with Gasteiger partial charge < -0.3 is 9.72 Å². The number of H-pyrrole nitrogens is 1. The van der Waals surface area contributed by atoms with Crippen molar-refractivity contribution in [2.75, 3.05) is 0 Å². The predicted molar refractivity (Wildman–Crippen MR) is 77.5 cm³/mol. The van der Waals surface area contributed by atoms with Gasteiger partial charge in [0.25, 0.3) is 11.2 Å². The molecule has 7 heteroatoms. The van der Waals surface area contributed by atoms with Gasteiger partial charge in [-0.05, 0) is 31.4 Å². The normalized spacial score (nSPS) is 17.6. The highest BCUT2D eigenvalue weighted by Crippen LogP contribution is 2.46. The minimum Gasteiger partial charge on any atom is -0.470 e. The number of hydrogen-bond donors (Lipinski definition) is 1. The molecule has 1 saturated carbocycles. The van der Waals surface area contributed by atoms with Gasteiger partial charge in [0.2, 0.25) is 5.88 Å². The Bertz CT molecular complexity index is 822. The SMILES string of the molecule is O=c1[nH]c(-c2ccc([N+](=O)[O-])cc2)nc2c1CCC1([CH]C1)O2. The van der Waals surface area contributed by atoms with Crippen LogP contribution in [0.4, 0.5) is 5.69 Å². The maximum atomic E-state index is 12.2.